The molecule has 1 unspecified atom stereocenters. The molecule has 5 heteroatoms. The van der Waals surface area contributed by atoms with E-state index in [-0.39, 0.29) is 17.9 Å². The largest absolute Gasteiger partial charge is 0.352 e. The first-order valence-electron chi connectivity index (χ1n) is 5.77. The third-order valence-corrected chi connectivity index (χ3v) is 2.87. The van der Waals surface area contributed by atoms with E-state index in [2.05, 4.69) is 10.6 Å². The minimum Gasteiger partial charge on any atom is -0.352 e. The van der Waals surface area contributed by atoms with E-state index in [1.54, 1.807) is 24.3 Å². The number of amides is 2. The highest BCUT2D eigenvalue weighted by Gasteiger charge is 2.20. The average Bonchev–Trinajstić information content (AvgIpc) is 2.82. The van der Waals surface area contributed by atoms with Gasteiger partial charge in [0.05, 0.1) is 11.6 Å². The first-order valence-corrected chi connectivity index (χ1v) is 5.77. The molecule has 0 spiro atoms. The molecule has 92 valence electrons. The molecule has 1 heterocycles. The third kappa shape index (κ3) is 2.86. The second-order valence-electron chi connectivity index (χ2n) is 4.20. The van der Waals surface area contributed by atoms with Gasteiger partial charge in [-0.2, -0.15) is 5.26 Å². The van der Waals surface area contributed by atoms with Crippen molar-refractivity contribution in [2.45, 2.75) is 18.9 Å². The first-order chi connectivity index (χ1) is 8.69. The van der Waals surface area contributed by atoms with Gasteiger partial charge in [0.25, 0.3) is 5.91 Å². The number of carbonyl (C=O) groups is 2. The highest BCUT2D eigenvalue weighted by atomic mass is 16.2. The summed E-state index contributed by atoms with van der Waals surface area (Å²) in [6.07, 6.45) is 1.28. The molecule has 0 aromatic heterocycles. The SMILES string of the molecule is N#Cc1ccc(C(=O)NCC2CCC(=O)N2)cc1. The van der Waals surface area contributed by atoms with Gasteiger partial charge < -0.3 is 10.6 Å². The Morgan fingerprint density at radius 2 is 2.17 bits per heavy atom. The molecule has 2 N–H and O–H groups in total. The van der Waals surface area contributed by atoms with E-state index >= 15 is 0 Å². The number of benzene rings is 1. The molecule has 18 heavy (non-hydrogen) atoms. The van der Waals surface area contributed by atoms with Crippen LogP contribution in [0.1, 0.15) is 28.8 Å². The van der Waals surface area contributed by atoms with E-state index in [9.17, 15) is 9.59 Å². The van der Waals surface area contributed by atoms with E-state index in [1.807, 2.05) is 6.07 Å². The lowest BCUT2D eigenvalue weighted by Crippen LogP contribution is -2.38. The summed E-state index contributed by atoms with van der Waals surface area (Å²) in [6.45, 7) is 0.435. The number of nitriles is 1. The van der Waals surface area contributed by atoms with Crippen LogP contribution >= 0.6 is 0 Å². The van der Waals surface area contributed by atoms with Crippen LogP contribution in [0.2, 0.25) is 0 Å². The third-order valence-electron chi connectivity index (χ3n) is 2.87. The van der Waals surface area contributed by atoms with Gasteiger partial charge in [-0.1, -0.05) is 0 Å². The van der Waals surface area contributed by atoms with Crippen LogP contribution in [-0.2, 0) is 4.79 Å². The standard InChI is InChI=1S/C13H13N3O2/c14-7-9-1-3-10(4-2-9)13(18)15-8-11-5-6-12(17)16-11/h1-4,11H,5-6,8H2,(H,15,18)(H,16,17). The molecule has 5 nitrogen and oxygen atoms in total. The lowest BCUT2D eigenvalue weighted by molar-refractivity contribution is -0.119. The minimum absolute atomic E-state index is 0.0276. The summed E-state index contributed by atoms with van der Waals surface area (Å²) in [5.41, 5.74) is 1.04. The topological polar surface area (TPSA) is 82.0 Å². The van der Waals surface area contributed by atoms with Crippen molar-refractivity contribution in [2.24, 2.45) is 0 Å². The van der Waals surface area contributed by atoms with Crippen LogP contribution in [0.25, 0.3) is 0 Å². The zero-order chi connectivity index (χ0) is 13.0. The molecule has 2 amide bonds. The molecule has 1 aromatic carbocycles. The Balaban J connectivity index is 1.87. The van der Waals surface area contributed by atoms with Crippen LogP contribution < -0.4 is 10.6 Å². The number of hydrogen-bond acceptors (Lipinski definition) is 3. The number of nitrogens with one attached hydrogen (secondary N) is 2. The second-order valence-corrected chi connectivity index (χ2v) is 4.20. The van der Waals surface area contributed by atoms with Crippen molar-refractivity contribution in [3.05, 3.63) is 35.4 Å². The van der Waals surface area contributed by atoms with E-state index < -0.39 is 0 Å². The monoisotopic (exact) mass is 243 g/mol. The number of carbonyl (C=O) groups excluding carboxylic acids is 2. The van der Waals surface area contributed by atoms with Crippen molar-refractivity contribution in [3.63, 3.8) is 0 Å². The van der Waals surface area contributed by atoms with Gasteiger partial charge in [-0.05, 0) is 30.7 Å². The molecule has 1 aliphatic rings. The molecular formula is C13H13N3O2. The fraction of sp³-hybridized carbons (Fsp3) is 0.308. The molecule has 2 rings (SSSR count). The number of nitrogens with zero attached hydrogens (tertiary/aromatic N) is 1. The van der Waals surface area contributed by atoms with Crippen LogP contribution in [0.5, 0.6) is 0 Å². The maximum atomic E-state index is 11.8. The Kier molecular flexibility index (Phi) is 3.58. The van der Waals surface area contributed by atoms with Gasteiger partial charge in [-0.3, -0.25) is 9.59 Å². The summed E-state index contributed by atoms with van der Waals surface area (Å²) in [7, 11) is 0. The summed E-state index contributed by atoms with van der Waals surface area (Å²) in [5, 5.41) is 14.2. The summed E-state index contributed by atoms with van der Waals surface area (Å²) in [6, 6.07) is 8.45. The quantitative estimate of drug-likeness (QED) is 0.814. The molecule has 0 saturated carbocycles. The van der Waals surface area contributed by atoms with Gasteiger partial charge in [0.1, 0.15) is 0 Å². The molecule has 1 atom stereocenters. The Hall–Kier alpha value is -2.35. The number of rotatable bonds is 3. The summed E-state index contributed by atoms with van der Waals surface area (Å²) in [4.78, 5) is 22.8. The minimum atomic E-state index is -0.194. The molecule has 1 aromatic rings. The maximum Gasteiger partial charge on any atom is 0.251 e. The summed E-state index contributed by atoms with van der Waals surface area (Å²) in [5.74, 6) is -0.159. The van der Waals surface area contributed by atoms with Crippen molar-refractivity contribution in [1.29, 1.82) is 5.26 Å². The second kappa shape index (κ2) is 5.32. The predicted molar refractivity (Wildman–Crippen MR) is 64.7 cm³/mol. The normalized spacial score (nSPS) is 17.9. The number of hydrogen-bond donors (Lipinski definition) is 2. The Labute approximate surface area is 105 Å². The van der Waals surface area contributed by atoms with Gasteiger partial charge in [0.2, 0.25) is 5.91 Å². The Morgan fingerprint density at radius 3 is 2.72 bits per heavy atom. The van der Waals surface area contributed by atoms with Gasteiger partial charge in [-0.15, -0.1) is 0 Å². The zero-order valence-electron chi connectivity index (χ0n) is 9.77. The van der Waals surface area contributed by atoms with E-state index in [4.69, 9.17) is 5.26 Å². The van der Waals surface area contributed by atoms with Crippen molar-refractivity contribution in [3.8, 4) is 6.07 Å². The van der Waals surface area contributed by atoms with Gasteiger partial charge in [-0.25, -0.2) is 0 Å². The fourth-order valence-corrected chi connectivity index (χ4v) is 1.84. The lowest BCUT2D eigenvalue weighted by atomic mass is 10.1. The molecule has 0 aliphatic carbocycles. The van der Waals surface area contributed by atoms with Crippen LogP contribution in [0.4, 0.5) is 0 Å². The summed E-state index contributed by atoms with van der Waals surface area (Å²) < 4.78 is 0. The fourth-order valence-electron chi connectivity index (χ4n) is 1.84. The van der Waals surface area contributed by atoms with Crippen molar-refractivity contribution in [1.82, 2.24) is 10.6 Å². The molecule has 1 fully saturated rings. The van der Waals surface area contributed by atoms with Gasteiger partial charge in [0, 0.05) is 24.6 Å². The Bertz CT molecular complexity index is 502. The molecular weight excluding hydrogens is 230 g/mol. The van der Waals surface area contributed by atoms with Gasteiger partial charge in [0.15, 0.2) is 0 Å². The van der Waals surface area contributed by atoms with Crippen molar-refractivity contribution in [2.75, 3.05) is 6.54 Å². The highest BCUT2D eigenvalue weighted by molar-refractivity contribution is 5.94. The van der Waals surface area contributed by atoms with Crippen LogP contribution in [0.3, 0.4) is 0 Å². The van der Waals surface area contributed by atoms with E-state index in [0.717, 1.165) is 6.42 Å². The van der Waals surface area contributed by atoms with Crippen molar-refractivity contribution < 1.29 is 9.59 Å². The zero-order valence-corrected chi connectivity index (χ0v) is 9.77. The molecule has 0 bridgehead atoms. The van der Waals surface area contributed by atoms with Crippen molar-refractivity contribution >= 4 is 11.8 Å². The Morgan fingerprint density at radius 1 is 1.44 bits per heavy atom. The smallest absolute Gasteiger partial charge is 0.251 e. The first kappa shape index (κ1) is 12.1. The highest BCUT2D eigenvalue weighted by Crippen LogP contribution is 2.06. The van der Waals surface area contributed by atoms with E-state index in [1.165, 1.54) is 0 Å². The van der Waals surface area contributed by atoms with Gasteiger partial charge >= 0.3 is 0 Å². The molecule has 1 aliphatic heterocycles. The van der Waals surface area contributed by atoms with Crippen LogP contribution in [-0.4, -0.2) is 24.4 Å². The molecule has 0 radical (unpaired) electrons. The van der Waals surface area contributed by atoms with Crippen LogP contribution in [0, 0.1) is 11.3 Å². The summed E-state index contributed by atoms with van der Waals surface area (Å²) >= 11 is 0. The lowest BCUT2D eigenvalue weighted by Gasteiger charge is -2.11. The van der Waals surface area contributed by atoms with E-state index in [0.29, 0.717) is 24.1 Å². The van der Waals surface area contributed by atoms with Crippen LogP contribution in [0.15, 0.2) is 24.3 Å². The maximum absolute atomic E-state index is 11.8. The molecule has 1 saturated heterocycles. The predicted octanol–water partition coefficient (Wildman–Crippen LogP) is 0.567. The average molecular weight is 243 g/mol.